The molecular weight excluding hydrogens is 421 g/mol. The fourth-order valence-corrected chi connectivity index (χ4v) is 0. The number of hydrogen-bond donors (Lipinski definition) is 2. The Morgan fingerprint density at radius 2 is 1.00 bits per heavy atom. The molecule has 0 saturated carbocycles. The number of halogens is 3. The van der Waals surface area contributed by atoms with Crippen LogP contribution >= 0.6 is 67.8 Å². The molecule has 5 heteroatoms. The van der Waals surface area contributed by atoms with Gasteiger partial charge >= 0.3 is 0 Å². The van der Waals surface area contributed by atoms with Gasteiger partial charge in [-0.05, 0) is 0 Å². The molecular formula is CH5I3N2. The summed E-state index contributed by atoms with van der Waals surface area (Å²) in [7, 11) is 0. The molecule has 0 amide bonds. The quantitative estimate of drug-likeness (QED) is 0.267. The van der Waals surface area contributed by atoms with E-state index < -0.39 is 0 Å². The van der Waals surface area contributed by atoms with Crippen molar-refractivity contribution in [1.29, 1.82) is 0 Å². The standard InChI is InChI=1S/CHI3.H4N2/c2-1(3)4;1-2/h1H;1-2H2. The van der Waals surface area contributed by atoms with Crippen molar-refractivity contribution in [3.05, 3.63) is 0 Å². The molecule has 0 spiro atoms. The highest BCUT2D eigenvalue weighted by Crippen LogP contribution is 2.16. The summed E-state index contributed by atoms with van der Waals surface area (Å²) in [5.41, 5.74) is 0. The molecule has 0 aliphatic carbocycles. The van der Waals surface area contributed by atoms with E-state index in [-0.39, 0.29) is 0 Å². The number of alkyl halides is 3. The lowest BCUT2D eigenvalue weighted by Gasteiger charge is -1.71. The van der Waals surface area contributed by atoms with E-state index >= 15 is 0 Å². The molecule has 40 valence electrons. The van der Waals surface area contributed by atoms with Crippen LogP contribution in [0.15, 0.2) is 0 Å². The zero-order valence-corrected chi connectivity index (χ0v) is 9.34. The maximum atomic E-state index is 4.00. The van der Waals surface area contributed by atoms with E-state index in [1.54, 1.807) is 0 Å². The van der Waals surface area contributed by atoms with E-state index in [1.807, 2.05) is 0 Å². The third kappa shape index (κ3) is 35.8. The van der Waals surface area contributed by atoms with Crippen molar-refractivity contribution >= 4 is 67.8 Å². The SMILES string of the molecule is IC(I)I.NN. The fourth-order valence-electron chi connectivity index (χ4n) is 0. The summed E-state index contributed by atoms with van der Waals surface area (Å²) in [5.74, 6) is 8.00. The van der Waals surface area contributed by atoms with Crippen molar-refractivity contribution in [2.75, 3.05) is 0 Å². The largest absolute Gasteiger partial charge is 0.274 e. The Labute approximate surface area is 78.2 Å². The average Bonchev–Trinajstić information content (AvgIpc) is 1.41. The van der Waals surface area contributed by atoms with Crippen LogP contribution < -0.4 is 11.7 Å². The Morgan fingerprint density at radius 3 is 1.00 bits per heavy atom. The van der Waals surface area contributed by atoms with Crippen LogP contribution in [0.2, 0.25) is 0 Å². The van der Waals surface area contributed by atoms with Gasteiger partial charge in [-0.25, -0.2) is 0 Å². The Balaban J connectivity index is 0. The number of nitrogens with two attached hydrogens (primary N) is 2. The van der Waals surface area contributed by atoms with E-state index in [2.05, 4.69) is 79.5 Å². The maximum Gasteiger partial charge on any atom is 0.114 e. The molecule has 0 aromatic rings. The highest BCUT2D eigenvalue weighted by atomic mass is 127. The molecule has 0 rings (SSSR count). The van der Waals surface area contributed by atoms with Crippen molar-refractivity contribution in [2.24, 2.45) is 11.7 Å². The highest BCUT2D eigenvalue weighted by Gasteiger charge is 1.76. The molecule has 0 bridgehead atoms. The van der Waals surface area contributed by atoms with Crippen LogP contribution in [0.25, 0.3) is 0 Å². The van der Waals surface area contributed by atoms with Crippen LogP contribution in [0, 0.1) is 0 Å². The monoisotopic (exact) mass is 426 g/mol. The van der Waals surface area contributed by atoms with Crippen LogP contribution in [-0.2, 0) is 0 Å². The van der Waals surface area contributed by atoms with Crippen LogP contribution in [0.3, 0.4) is 0 Å². The molecule has 0 aliphatic heterocycles. The van der Waals surface area contributed by atoms with Crippen molar-refractivity contribution in [3.63, 3.8) is 0 Å². The van der Waals surface area contributed by atoms with Crippen molar-refractivity contribution in [2.45, 2.75) is -0.0619 Å². The molecule has 0 heterocycles. The summed E-state index contributed by atoms with van der Waals surface area (Å²) in [4.78, 5) is 0. The minimum atomic E-state index is 0.743. The smallest absolute Gasteiger partial charge is 0.114 e. The van der Waals surface area contributed by atoms with Crippen LogP contribution in [0.4, 0.5) is 0 Å². The first-order valence-electron chi connectivity index (χ1n) is 0.988. The molecule has 0 radical (unpaired) electrons. The summed E-state index contributed by atoms with van der Waals surface area (Å²) < 4.78 is 0.743. The lowest BCUT2D eigenvalue weighted by molar-refractivity contribution is 1.26. The van der Waals surface area contributed by atoms with Crippen molar-refractivity contribution < 1.29 is 0 Å². The molecule has 0 aromatic heterocycles. The van der Waals surface area contributed by atoms with Crippen LogP contribution in [0.5, 0.6) is 0 Å². The average molecular weight is 426 g/mol. The molecule has 0 aromatic carbocycles. The second-order valence-electron chi connectivity index (χ2n) is 0.247. The van der Waals surface area contributed by atoms with Gasteiger partial charge in [0.15, 0.2) is 0 Å². The Bertz CT molecular complexity index is 13.5. The minimum Gasteiger partial charge on any atom is -0.274 e. The normalized spacial score (nSPS) is 7.00. The molecule has 0 fully saturated rings. The van der Waals surface area contributed by atoms with Crippen LogP contribution in [-0.4, -0.2) is -0.0619 Å². The molecule has 6 heavy (non-hydrogen) atoms. The van der Waals surface area contributed by atoms with Gasteiger partial charge in [0.2, 0.25) is 0 Å². The first-order valence-corrected chi connectivity index (χ1v) is 4.72. The van der Waals surface area contributed by atoms with E-state index in [9.17, 15) is 0 Å². The highest BCUT2D eigenvalue weighted by molar-refractivity contribution is 14.3. The summed E-state index contributed by atoms with van der Waals surface area (Å²) in [6.45, 7) is 0. The molecule has 4 N–H and O–H groups in total. The van der Waals surface area contributed by atoms with Gasteiger partial charge in [0.25, 0.3) is 0 Å². The second-order valence-corrected chi connectivity index (χ2v) is 11.1. The summed E-state index contributed by atoms with van der Waals surface area (Å²) in [6.07, 6.45) is 0. The zero-order valence-electron chi connectivity index (χ0n) is 2.87. The van der Waals surface area contributed by atoms with Gasteiger partial charge in [-0.15, -0.1) is 0 Å². The van der Waals surface area contributed by atoms with E-state index in [1.165, 1.54) is 0 Å². The predicted molar refractivity (Wildman–Crippen MR) is 54.2 cm³/mol. The van der Waals surface area contributed by atoms with Gasteiger partial charge in [0.1, 0.15) is -0.0619 Å². The Kier molecular flexibility index (Phi) is 18.6. The number of rotatable bonds is 0. The molecule has 0 saturated heterocycles. The van der Waals surface area contributed by atoms with Gasteiger partial charge < -0.3 is 0 Å². The van der Waals surface area contributed by atoms with Gasteiger partial charge in [-0.1, -0.05) is 67.8 Å². The third-order valence-electron chi connectivity index (χ3n) is 0. The number of hydrogen-bond acceptors (Lipinski definition) is 2. The van der Waals surface area contributed by atoms with Crippen LogP contribution in [0.1, 0.15) is 0 Å². The van der Waals surface area contributed by atoms with Gasteiger partial charge in [0.05, 0.1) is 0 Å². The third-order valence-corrected chi connectivity index (χ3v) is 0. The maximum absolute atomic E-state index is 4.00. The Morgan fingerprint density at radius 1 is 1.00 bits per heavy atom. The fraction of sp³-hybridized carbons (Fsp3) is 1.00. The van der Waals surface area contributed by atoms with E-state index in [4.69, 9.17) is 0 Å². The summed E-state index contributed by atoms with van der Waals surface area (Å²) in [6, 6.07) is 0. The van der Waals surface area contributed by atoms with E-state index in [0.29, 0.717) is 0 Å². The minimum absolute atomic E-state index is 0.743. The van der Waals surface area contributed by atoms with Crippen molar-refractivity contribution in [1.82, 2.24) is 0 Å². The summed E-state index contributed by atoms with van der Waals surface area (Å²) >= 11 is 6.95. The van der Waals surface area contributed by atoms with E-state index in [0.717, 1.165) is -0.0619 Å². The predicted octanol–water partition coefficient (Wildman–Crippen LogP) is 1.39. The number of hydrazine groups is 1. The molecule has 0 unspecified atom stereocenters. The first kappa shape index (κ1) is 11.0. The Hall–Kier alpha value is 2.11. The summed E-state index contributed by atoms with van der Waals surface area (Å²) in [5, 5.41) is 0. The second kappa shape index (κ2) is 10.2. The molecule has 0 aliphatic rings. The lowest BCUT2D eigenvalue weighted by atomic mass is 12.0. The lowest BCUT2D eigenvalue weighted by Crippen LogP contribution is -2.02. The van der Waals surface area contributed by atoms with Gasteiger partial charge in [0, 0.05) is 0 Å². The first-order chi connectivity index (χ1) is 2.73. The van der Waals surface area contributed by atoms with Gasteiger partial charge in [-0.3, -0.25) is 11.7 Å². The molecule has 2 nitrogen and oxygen atoms in total. The van der Waals surface area contributed by atoms with Crippen molar-refractivity contribution in [3.8, 4) is 0 Å². The topological polar surface area (TPSA) is 52.0 Å². The zero-order chi connectivity index (χ0) is 5.58. The molecule has 0 atom stereocenters. The van der Waals surface area contributed by atoms with Gasteiger partial charge in [-0.2, -0.15) is 0 Å².